The lowest BCUT2D eigenvalue weighted by Crippen LogP contribution is -2.28. The Balaban J connectivity index is 0.00000280. The van der Waals surface area contributed by atoms with E-state index in [9.17, 15) is 22.4 Å². The quantitative estimate of drug-likeness (QED) is 0.762. The van der Waals surface area contributed by atoms with E-state index >= 15 is 0 Å². The van der Waals surface area contributed by atoms with Gasteiger partial charge in [-0.05, 0) is 36.2 Å². The Kier molecular flexibility index (Phi) is 6.84. The van der Waals surface area contributed by atoms with Gasteiger partial charge in [0.15, 0.2) is 0 Å². The van der Waals surface area contributed by atoms with Gasteiger partial charge in [0, 0.05) is 24.7 Å². The number of likely N-dealkylation sites (tertiary alicyclic amines) is 1. The third kappa shape index (κ3) is 5.11. The Morgan fingerprint density at radius 2 is 2.04 bits per heavy atom. The van der Waals surface area contributed by atoms with Gasteiger partial charge in [-0.1, -0.05) is 6.07 Å². The van der Waals surface area contributed by atoms with Crippen LogP contribution in [0.1, 0.15) is 28.0 Å². The molecule has 5 nitrogen and oxygen atoms in total. The molecule has 152 valence electrons. The Hall–Kier alpha value is -2.39. The molecular formula is C18H18ClF4N3O2. The SMILES string of the molecule is Cl.NCc1cc(Oc2cccc(C(=O)N3CC[C@H](F)C3)c2)nc(C(F)(F)F)c1. The first-order valence-electron chi connectivity index (χ1n) is 8.26. The summed E-state index contributed by atoms with van der Waals surface area (Å²) in [7, 11) is 0. The predicted molar refractivity (Wildman–Crippen MR) is 96.3 cm³/mol. The van der Waals surface area contributed by atoms with Crippen LogP contribution in [-0.4, -0.2) is 35.1 Å². The second-order valence-corrected chi connectivity index (χ2v) is 6.17. The lowest BCUT2D eigenvalue weighted by Gasteiger charge is -2.16. The summed E-state index contributed by atoms with van der Waals surface area (Å²) in [6.45, 7) is 0.235. The lowest BCUT2D eigenvalue weighted by molar-refractivity contribution is -0.141. The molecule has 2 N–H and O–H groups in total. The Labute approximate surface area is 164 Å². The Morgan fingerprint density at radius 1 is 1.29 bits per heavy atom. The number of nitrogens with two attached hydrogens (primary N) is 1. The lowest BCUT2D eigenvalue weighted by atomic mass is 10.2. The highest BCUT2D eigenvalue weighted by atomic mass is 35.5. The molecule has 1 fully saturated rings. The minimum absolute atomic E-state index is 0. The number of halogens is 5. The van der Waals surface area contributed by atoms with Gasteiger partial charge >= 0.3 is 6.18 Å². The van der Waals surface area contributed by atoms with Crippen LogP contribution in [0, 0.1) is 0 Å². The summed E-state index contributed by atoms with van der Waals surface area (Å²) in [5.41, 5.74) is 4.80. The van der Waals surface area contributed by atoms with E-state index in [4.69, 9.17) is 10.5 Å². The summed E-state index contributed by atoms with van der Waals surface area (Å²) >= 11 is 0. The number of aromatic nitrogens is 1. The fourth-order valence-electron chi connectivity index (χ4n) is 2.77. The average molecular weight is 420 g/mol. The van der Waals surface area contributed by atoms with Crippen LogP contribution in [0.2, 0.25) is 0 Å². The summed E-state index contributed by atoms with van der Waals surface area (Å²) in [5, 5.41) is 0. The number of benzene rings is 1. The zero-order valence-electron chi connectivity index (χ0n) is 14.6. The van der Waals surface area contributed by atoms with Crippen LogP contribution in [0.25, 0.3) is 0 Å². The largest absolute Gasteiger partial charge is 0.439 e. The van der Waals surface area contributed by atoms with Gasteiger partial charge in [-0.15, -0.1) is 12.4 Å². The van der Waals surface area contributed by atoms with Gasteiger partial charge in [-0.3, -0.25) is 4.79 Å². The molecule has 1 aliphatic rings. The number of hydrogen-bond donors (Lipinski definition) is 1. The maximum atomic E-state index is 13.3. The fourth-order valence-corrected chi connectivity index (χ4v) is 2.77. The minimum Gasteiger partial charge on any atom is -0.439 e. The van der Waals surface area contributed by atoms with Gasteiger partial charge in [-0.25, -0.2) is 9.37 Å². The van der Waals surface area contributed by atoms with Gasteiger partial charge in [0.2, 0.25) is 5.88 Å². The third-order valence-corrected chi connectivity index (χ3v) is 4.11. The minimum atomic E-state index is -4.64. The third-order valence-electron chi connectivity index (χ3n) is 4.11. The van der Waals surface area contributed by atoms with Crippen molar-refractivity contribution in [2.75, 3.05) is 13.1 Å². The summed E-state index contributed by atoms with van der Waals surface area (Å²) < 4.78 is 57.6. The number of carbonyl (C=O) groups excluding carboxylic acids is 1. The van der Waals surface area contributed by atoms with Crippen molar-refractivity contribution in [3.05, 3.63) is 53.2 Å². The topological polar surface area (TPSA) is 68.5 Å². The summed E-state index contributed by atoms with van der Waals surface area (Å²) in [6.07, 6.45) is -5.39. The second kappa shape index (κ2) is 8.74. The van der Waals surface area contributed by atoms with Gasteiger partial charge in [0.1, 0.15) is 17.6 Å². The molecule has 0 unspecified atom stereocenters. The second-order valence-electron chi connectivity index (χ2n) is 6.17. The van der Waals surface area contributed by atoms with Crippen molar-refractivity contribution in [3.8, 4) is 11.6 Å². The highest BCUT2D eigenvalue weighted by molar-refractivity contribution is 5.94. The van der Waals surface area contributed by atoms with Gasteiger partial charge in [0.05, 0.1) is 6.54 Å². The zero-order valence-corrected chi connectivity index (χ0v) is 15.4. The number of ether oxygens (including phenoxy) is 1. The number of hydrogen-bond acceptors (Lipinski definition) is 4. The Bertz CT molecular complexity index is 848. The van der Waals surface area contributed by atoms with Crippen LogP contribution in [0.3, 0.4) is 0 Å². The van der Waals surface area contributed by atoms with Gasteiger partial charge < -0.3 is 15.4 Å². The van der Waals surface area contributed by atoms with E-state index in [-0.39, 0.29) is 60.6 Å². The average Bonchev–Trinajstić information content (AvgIpc) is 3.06. The molecular weight excluding hydrogens is 402 g/mol. The van der Waals surface area contributed by atoms with E-state index in [1.165, 1.54) is 35.2 Å². The fraction of sp³-hybridized carbons (Fsp3) is 0.333. The maximum absolute atomic E-state index is 13.3. The normalized spacial score (nSPS) is 16.6. The predicted octanol–water partition coefficient (Wildman–Crippen LogP) is 3.96. The molecule has 1 aliphatic heterocycles. The molecule has 2 heterocycles. The Morgan fingerprint density at radius 3 is 2.64 bits per heavy atom. The number of pyridine rings is 1. The van der Waals surface area contributed by atoms with Crippen molar-refractivity contribution in [2.24, 2.45) is 5.73 Å². The van der Waals surface area contributed by atoms with Crippen molar-refractivity contribution in [1.29, 1.82) is 0 Å². The standard InChI is InChI=1S/C18H17F4N3O2.ClH/c19-13-4-5-25(10-13)17(26)12-2-1-3-14(8-12)27-16-7-11(9-23)6-15(24-16)18(20,21)22;/h1-3,6-8,13H,4-5,9-10,23H2;1H/t13-;/m0./s1. The first-order chi connectivity index (χ1) is 12.8. The molecule has 0 aliphatic carbocycles. The molecule has 3 rings (SSSR count). The first kappa shape index (κ1) is 21.9. The number of nitrogens with zero attached hydrogens (tertiary/aromatic N) is 2. The monoisotopic (exact) mass is 419 g/mol. The highest BCUT2D eigenvalue weighted by Crippen LogP contribution is 2.31. The van der Waals surface area contributed by atoms with Crippen LogP contribution < -0.4 is 10.5 Å². The van der Waals surface area contributed by atoms with Crippen molar-refractivity contribution in [2.45, 2.75) is 25.3 Å². The van der Waals surface area contributed by atoms with Gasteiger partial charge in [0.25, 0.3) is 5.91 Å². The molecule has 1 amide bonds. The molecule has 0 bridgehead atoms. The molecule has 0 saturated carbocycles. The maximum Gasteiger partial charge on any atom is 0.433 e. The van der Waals surface area contributed by atoms with E-state index in [1.54, 1.807) is 0 Å². The molecule has 1 aromatic carbocycles. The van der Waals surface area contributed by atoms with Crippen molar-refractivity contribution in [1.82, 2.24) is 9.88 Å². The van der Waals surface area contributed by atoms with Crippen molar-refractivity contribution >= 4 is 18.3 Å². The first-order valence-corrected chi connectivity index (χ1v) is 8.26. The molecule has 0 radical (unpaired) electrons. The zero-order chi connectivity index (χ0) is 19.6. The van der Waals surface area contributed by atoms with Crippen molar-refractivity contribution < 1.29 is 27.1 Å². The van der Waals surface area contributed by atoms with E-state index in [0.717, 1.165) is 6.07 Å². The molecule has 2 aromatic rings. The number of rotatable bonds is 4. The molecule has 1 aromatic heterocycles. The van der Waals surface area contributed by atoms with Crippen LogP contribution in [0.5, 0.6) is 11.6 Å². The van der Waals surface area contributed by atoms with Crippen LogP contribution in [-0.2, 0) is 12.7 Å². The van der Waals surface area contributed by atoms with Gasteiger partial charge in [-0.2, -0.15) is 13.2 Å². The van der Waals surface area contributed by atoms with Crippen molar-refractivity contribution in [3.63, 3.8) is 0 Å². The van der Waals surface area contributed by atoms with Crippen LogP contribution in [0.15, 0.2) is 36.4 Å². The highest BCUT2D eigenvalue weighted by Gasteiger charge is 2.33. The summed E-state index contributed by atoms with van der Waals surface area (Å²) in [5.74, 6) is -0.494. The van der Waals surface area contributed by atoms with Crippen LogP contribution >= 0.6 is 12.4 Å². The number of carbonyl (C=O) groups is 1. The molecule has 1 atom stereocenters. The van der Waals surface area contributed by atoms with E-state index < -0.39 is 18.0 Å². The summed E-state index contributed by atoms with van der Waals surface area (Å²) in [4.78, 5) is 17.3. The smallest absolute Gasteiger partial charge is 0.433 e. The number of alkyl halides is 4. The molecule has 28 heavy (non-hydrogen) atoms. The number of amides is 1. The van der Waals surface area contributed by atoms with Crippen LogP contribution in [0.4, 0.5) is 17.6 Å². The molecule has 10 heteroatoms. The summed E-state index contributed by atoms with van der Waals surface area (Å²) in [6, 6.07) is 8.10. The molecule has 1 saturated heterocycles. The van der Waals surface area contributed by atoms with E-state index in [0.29, 0.717) is 6.54 Å². The van der Waals surface area contributed by atoms with E-state index in [2.05, 4.69) is 4.98 Å². The molecule has 0 spiro atoms. The van der Waals surface area contributed by atoms with E-state index in [1.807, 2.05) is 0 Å².